The van der Waals surface area contributed by atoms with Crippen LogP contribution in [0.5, 0.6) is 0 Å². The number of nitrogens with two attached hydrogens (primary N) is 1. The molecule has 2 N–H and O–H groups in total. The van der Waals surface area contributed by atoms with Crippen molar-refractivity contribution in [1.29, 1.82) is 0 Å². The van der Waals surface area contributed by atoms with Crippen molar-refractivity contribution < 1.29 is 18.8 Å². The van der Waals surface area contributed by atoms with Gasteiger partial charge in [-0.25, -0.2) is 0 Å². The Morgan fingerprint density at radius 1 is 1.38 bits per heavy atom. The third-order valence-corrected chi connectivity index (χ3v) is 3.24. The fourth-order valence-corrected chi connectivity index (χ4v) is 2.12. The molecular weight excluding hydrogens is 274 g/mol. The van der Waals surface area contributed by atoms with Gasteiger partial charge >= 0.3 is 0 Å². The van der Waals surface area contributed by atoms with E-state index in [0.717, 1.165) is 0 Å². The monoisotopic (exact) mass is 291 g/mol. The van der Waals surface area contributed by atoms with E-state index in [0.29, 0.717) is 31.2 Å². The van der Waals surface area contributed by atoms with Gasteiger partial charge in [-0.05, 0) is 12.1 Å². The van der Waals surface area contributed by atoms with Crippen LogP contribution in [0.4, 0.5) is 5.88 Å². The third kappa shape index (κ3) is 3.50. The maximum absolute atomic E-state index is 12.1. The summed E-state index contributed by atoms with van der Waals surface area (Å²) in [5.74, 6) is 0.142. The summed E-state index contributed by atoms with van der Waals surface area (Å²) >= 11 is 0. The van der Waals surface area contributed by atoms with Crippen molar-refractivity contribution in [2.45, 2.75) is 12.8 Å². The number of hydrogen-bond acceptors (Lipinski definition) is 4. The first-order valence-corrected chi connectivity index (χ1v) is 6.60. The zero-order chi connectivity index (χ0) is 15.4. The molecule has 21 heavy (non-hydrogen) atoms. The van der Waals surface area contributed by atoms with Crippen molar-refractivity contribution in [3.63, 3.8) is 0 Å². The minimum Gasteiger partial charge on any atom is -0.445 e. The molecule has 1 aromatic heterocycles. The Bertz CT molecular complexity index is 579. The smallest absolute Gasteiger partial charge is 0.248 e. The van der Waals surface area contributed by atoms with E-state index in [1.54, 1.807) is 12.1 Å². The Morgan fingerprint density at radius 2 is 2.14 bits per heavy atom. The van der Waals surface area contributed by atoms with Gasteiger partial charge in [0, 0.05) is 32.0 Å². The van der Waals surface area contributed by atoms with Gasteiger partial charge in [0.05, 0.1) is 0 Å². The molecule has 0 bridgehead atoms. The first-order chi connectivity index (χ1) is 10.0. The summed E-state index contributed by atoms with van der Waals surface area (Å²) in [5.41, 5.74) is 5.08. The molecule has 112 valence electrons. The van der Waals surface area contributed by atoms with Crippen LogP contribution in [0.1, 0.15) is 12.2 Å². The van der Waals surface area contributed by atoms with E-state index in [-0.39, 0.29) is 24.8 Å². The molecule has 0 saturated carbocycles. The van der Waals surface area contributed by atoms with Crippen LogP contribution in [0.3, 0.4) is 0 Å². The number of amides is 3. The Labute approximate surface area is 122 Å². The van der Waals surface area contributed by atoms with Crippen molar-refractivity contribution in [3.05, 3.63) is 30.5 Å². The summed E-state index contributed by atoms with van der Waals surface area (Å²) in [6.45, 7) is 4.19. The van der Waals surface area contributed by atoms with E-state index < -0.39 is 5.91 Å². The molecule has 1 fully saturated rings. The number of carbonyl (C=O) groups is 3. The van der Waals surface area contributed by atoms with Crippen LogP contribution in [0.2, 0.25) is 0 Å². The molecule has 1 aliphatic heterocycles. The van der Waals surface area contributed by atoms with E-state index in [4.69, 9.17) is 10.2 Å². The second kappa shape index (κ2) is 6.25. The van der Waals surface area contributed by atoms with Crippen LogP contribution >= 0.6 is 0 Å². The predicted molar refractivity (Wildman–Crippen MR) is 75.4 cm³/mol. The Hall–Kier alpha value is -2.57. The highest BCUT2D eigenvalue weighted by atomic mass is 16.4. The predicted octanol–water partition coefficient (Wildman–Crippen LogP) is 0.0587. The maximum Gasteiger partial charge on any atom is 0.248 e. The van der Waals surface area contributed by atoms with Gasteiger partial charge in [-0.15, -0.1) is 0 Å². The number of hydrogen-bond donors (Lipinski definition) is 1. The highest BCUT2D eigenvalue weighted by Crippen LogP contribution is 2.21. The first-order valence-electron chi connectivity index (χ1n) is 6.60. The minimum atomic E-state index is -0.402. The molecule has 2 rings (SSSR count). The van der Waals surface area contributed by atoms with Crippen molar-refractivity contribution in [2.75, 3.05) is 24.5 Å². The fourth-order valence-electron chi connectivity index (χ4n) is 2.12. The van der Waals surface area contributed by atoms with Gasteiger partial charge < -0.3 is 15.1 Å². The molecule has 0 unspecified atom stereocenters. The molecule has 1 saturated heterocycles. The number of anilines is 1. The Morgan fingerprint density at radius 3 is 2.76 bits per heavy atom. The number of rotatable bonds is 5. The summed E-state index contributed by atoms with van der Waals surface area (Å²) < 4.78 is 5.54. The molecule has 0 aliphatic carbocycles. The molecule has 0 atom stereocenters. The zero-order valence-electron chi connectivity index (χ0n) is 11.6. The van der Waals surface area contributed by atoms with E-state index in [9.17, 15) is 14.4 Å². The minimum absolute atomic E-state index is 0.00216. The van der Waals surface area contributed by atoms with Crippen molar-refractivity contribution in [2.24, 2.45) is 5.73 Å². The number of carbonyl (C=O) groups excluding carboxylic acids is 3. The summed E-state index contributed by atoms with van der Waals surface area (Å²) in [4.78, 5) is 37.2. The van der Waals surface area contributed by atoms with E-state index in [2.05, 4.69) is 6.58 Å². The number of primary amides is 1. The Kier molecular flexibility index (Phi) is 4.42. The van der Waals surface area contributed by atoms with Crippen LogP contribution in [-0.4, -0.2) is 42.3 Å². The van der Waals surface area contributed by atoms with Crippen molar-refractivity contribution in [3.8, 4) is 0 Å². The summed E-state index contributed by atoms with van der Waals surface area (Å²) in [6, 6.07) is 3.39. The second-order valence-corrected chi connectivity index (χ2v) is 4.72. The number of aryl methyl sites for hydroxylation is 1. The molecule has 1 aliphatic rings. The van der Waals surface area contributed by atoms with Crippen LogP contribution in [0, 0.1) is 0 Å². The van der Waals surface area contributed by atoms with Gasteiger partial charge in [-0.3, -0.25) is 19.3 Å². The molecule has 7 nitrogen and oxygen atoms in total. The lowest BCUT2D eigenvalue weighted by atomic mass is 10.2. The standard InChI is InChI=1S/C14H17N3O4/c1-2-12(19)16-7-8-17(13(20)9-16)14-6-4-10(21-14)3-5-11(15)18/h2,4,6H,1,3,5,7-9H2,(H2,15,18). The Balaban J connectivity index is 2.00. The quantitative estimate of drug-likeness (QED) is 0.776. The van der Waals surface area contributed by atoms with Gasteiger partial charge in [0.25, 0.3) is 0 Å². The lowest BCUT2D eigenvalue weighted by Gasteiger charge is -2.32. The van der Waals surface area contributed by atoms with Crippen molar-refractivity contribution in [1.82, 2.24) is 4.90 Å². The largest absolute Gasteiger partial charge is 0.445 e. The molecule has 0 spiro atoms. The van der Waals surface area contributed by atoms with Gasteiger partial charge in [-0.2, -0.15) is 0 Å². The van der Waals surface area contributed by atoms with Crippen molar-refractivity contribution >= 4 is 23.6 Å². The first kappa shape index (κ1) is 14.8. The second-order valence-electron chi connectivity index (χ2n) is 4.72. The SMILES string of the molecule is C=CC(=O)N1CCN(c2ccc(CCC(N)=O)o2)C(=O)C1. The number of piperazine rings is 1. The molecule has 1 aromatic rings. The van der Waals surface area contributed by atoms with E-state index in [1.807, 2.05) is 0 Å². The fraction of sp³-hybridized carbons (Fsp3) is 0.357. The highest BCUT2D eigenvalue weighted by molar-refractivity contribution is 5.98. The zero-order valence-corrected chi connectivity index (χ0v) is 11.6. The summed E-state index contributed by atoms with van der Waals surface area (Å²) in [7, 11) is 0. The van der Waals surface area contributed by atoms with E-state index >= 15 is 0 Å². The van der Waals surface area contributed by atoms with Gasteiger partial charge in [-0.1, -0.05) is 6.58 Å². The van der Waals surface area contributed by atoms with Crippen LogP contribution < -0.4 is 10.6 Å². The normalized spacial score (nSPS) is 15.1. The average Bonchev–Trinajstić information content (AvgIpc) is 2.92. The average molecular weight is 291 g/mol. The molecule has 0 aromatic carbocycles. The van der Waals surface area contributed by atoms with Gasteiger partial charge in [0.1, 0.15) is 12.3 Å². The van der Waals surface area contributed by atoms with Crippen LogP contribution in [0.25, 0.3) is 0 Å². The molecule has 3 amide bonds. The van der Waals surface area contributed by atoms with Crippen LogP contribution in [0.15, 0.2) is 29.2 Å². The molecule has 7 heteroatoms. The summed E-state index contributed by atoms with van der Waals surface area (Å²) in [6.07, 6.45) is 1.79. The van der Waals surface area contributed by atoms with Gasteiger partial charge in [0.2, 0.25) is 23.6 Å². The lowest BCUT2D eigenvalue weighted by molar-refractivity contribution is -0.133. The van der Waals surface area contributed by atoms with Gasteiger partial charge in [0.15, 0.2) is 0 Å². The van der Waals surface area contributed by atoms with E-state index in [1.165, 1.54) is 15.9 Å². The summed E-state index contributed by atoms with van der Waals surface area (Å²) in [5, 5.41) is 0. The maximum atomic E-state index is 12.1. The third-order valence-electron chi connectivity index (χ3n) is 3.24. The van der Waals surface area contributed by atoms with Crippen LogP contribution in [-0.2, 0) is 20.8 Å². The molecular formula is C14H17N3O4. The number of furan rings is 1. The topological polar surface area (TPSA) is 96.9 Å². The lowest BCUT2D eigenvalue weighted by Crippen LogP contribution is -2.52. The molecule has 2 heterocycles. The highest BCUT2D eigenvalue weighted by Gasteiger charge is 2.28. The molecule has 0 radical (unpaired) electrons. The number of nitrogens with zero attached hydrogens (tertiary/aromatic N) is 2.